The molecule has 72 valence electrons. The average molecular weight is 190 g/mol. The van der Waals surface area contributed by atoms with Crippen LogP contribution in [0.15, 0.2) is 22.9 Å². The van der Waals surface area contributed by atoms with Gasteiger partial charge in [0, 0.05) is 18.2 Å². The molecule has 14 heavy (non-hydrogen) atoms. The van der Waals surface area contributed by atoms with Crippen LogP contribution >= 0.6 is 0 Å². The summed E-state index contributed by atoms with van der Waals surface area (Å²) in [7, 11) is 0. The molecule has 0 radical (unpaired) electrons. The van der Waals surface area contributed by atoms with E-state index in [2.05, 4.69) is 15.1 Å². The lowest BCUT2D eigenvalue weighted by molar-refractivity contribution is 0.423. The number of hydrogen-bond donors (Lipinski definition) is 1. The number of nitrogens with two attached hydrogens (primary N) is 1. The third kappa shape index (κ3) is 1.56. The summed E-state index contributed by atoms with van der Waals surface area (Å²) in [6, 6.07) is 3.48. The molecule has 2 N–H and O–H groups in total. The van der Waals surface area contributed by atoms with Crippen molar-refractivity contribution in [3.8, 4) is 11.5 Å². The van der Waals surface area contributed by atoms with E-state index in [9.17, 15) is 0 Å². The van der Waals surface area contributed by atoms with Crippen LogP contribution in [-0.2, 0) is 6.42 Å². The molecule has 0 atom stereocenters. The summed E-state index contributed by atoms with van der Waals surface area (Å²) >= 11 is 0. The summed E-state index contributed by atoms with van der Waals surface area (Å²) in [5, 5.41) is 3.79. The van der Waals surface area contributed by atoms with Crippen LogP contribution < -0.4 is 5.73 Å². The van der Waals surface area contributed by atoms with Crippen LogP contribution in [0.3, 0.4) is 0 Å². The fourth-order valence-electron chi connectivity index (χ4n) is 1.10. The van der Waals surface area contributed by atoms with Crippen molar-refractivity contribution >= 4 is 5.82 Å². The molecule has 5 heteroatoms. The first-order valence-electron chi connectivity index (χ1n) is 4.34. The zero-order valence-corrected chi connectivity index (χ0v) is 7.77. The molecule has 0 fully saturated rings. The molecule has 0 unspecified atom stereocenters. The van der Waals surface area contributed by atoms with Gasteiger partial charge >= 0.3 is 0 Å². The van der Waals surface area contributed by atoms with E-state index in [-0.39, 0.29) is 0 Å². The minimum absolute atomic E-state index is 0.443. The molecule has 5 nitrogen and oxygen atoms in total. The monoisotopic (exact) mass is 190 g/mol. The maximum atomic E-state index is 5.53. The van der Waals surface area contributed by atoms with Crippen LogP contribution in [0.1, 0.15) is 12.7 Å². The topological polar surface area (TPSA) is 77.8 Å². The Morgan fingerprint density at radius 3 is 3.00 bits per heavy atom. The van der Waals surface area contributed by atoms with Crippen molar-refractivity contribution in [3.05, 3.63) is 24.2 Å². The second kappa shape index (κ2) is 3.45. The van der Waals surface area contributed by atoms with E-state index in [1.54, 1.807) is 18.3 Å². The lowest BCUT2D eigenvalue weighted by atomic mass is 10.2. The number of anilines is 1. The first kappa shape index (κ1) is 8.68. The number of nitrogens with zero attached hydrogens (tertiary/aromatic N) is 3. The van der Waals surface area contributed by atoms with Crippen molar-refractivity contribution in [2.45, 2.75) is 13.3 Å². The summed E-state index contributed by atoms with van der Waals surface area (Å²) in [5.41, 5.74) is 6.33. The van der Waals surface area contributed by atoms with Crippen molar-refractivity contribution in [2.24, 2.45) is 0 Å². The van der Waals surface area contributed by atoms with E-state index < -0.39 is 0 Å². The van der Waals surface area contributed by atoms with Gasteiger partial charge in [0.05, 0.1) is 0 Å². The van der Waals surface area contributed by atoms with E-state index in [1.165, 1.54) is 0 Å². The minimum atomic E-state index is 0.443. The van der Waals surface area contributed by atoms with E-state index in [0.29, 0.717) is 17.5 Å². The van der Waals surface area contributed by atoms with E-state index in [0.717, 1.165) is 12.0 Å². The molecule has 2 rings (SSSR count). The molecule has 2 heterocycles. The minimum Gasteiger partial charge on any atom is -0.384 e. The molecule has 2 aromatic heterocycles. The predicted octanol–water partition coefficient (Wildman–Crippen LogP) is 1.28. The van der Waals surface area contributed by atoms with E-state index >= 15 is 0 Å². The van der Waals surface area contributed by atoms with Crippen molar-refractivity contribution in [1.82, 2.24) is 15.1 Å². The summed E-state index contributed by atoms with van der Waals surface area (Å²) in [6.45, 7) is 1.97. The van der Waals surface area contributed by atoms with Crippen molar-refractivity contribution in [1.29, 1.82) is 0 Å². The number of rotatable bonds is 2. The first-order chi connectivity index (χ1) is 6.79. The predicted molar refractivity (Wildman–Crippen MR) is 51.3 cm³/mol. The fourth-order valence-corrected chi connectivity index (χ4v) is 1.10. The Balaban J connectivity index is 2.39. The second-order valence-corrected chi connectivity index (χ2v) is 2.84. The summed E-state index contributed by atoms with van der Waals surface area (Å²) < 4.78 is 5.05. The van der Waals surface area contributed by atoms with Crippen molar-refractivity contribution in [2.75, 3.05) is 5.73 Å². The van der Waals surface area contributed by atoms with Gasteiger partial charge < -0.3 is 10.3 Å². The molecule has 0 bridgehead atoms. The standard InChI is InChI=1S/C9H10N4O/c1-2-8-12-9(14-13-8)6-3-4-11-7(10)5-6/h3-5H,2H2,1H3,(H2,10,11). The van der Waals surface area contributed by atoms with Crippen LogP contribution in [0.4, 0.5) is 5.82 Å². The second-order valence-electron chi connectivity index (χ2n) is 2.84. The molecule has 0 aliphatic rings. The Morgan fingerprint density at radius 2 is 2.36 bits per heavy atom. The summed E-state index contributed by atoms with van der Waals surface area (Å²) in [6.07, 6.45) is 2.37. The zero-order chi connectivity index (χ0) is 9.97. The third-order valence-electron chi connectivity index (χ3n) is 1.81. The molecule has 0 spiro atoms. The van der Waals surface area contributed by atoms with Gasteiger partial charge in [-0.05, 0) is 12.1 Å². The van der Waals surface area contributed by atoms with Crippen LogP contribution in [-0.4, -0.2) is 15.1 Å². The van der Waals surface area contributed by atoms with Gasteiger partial charge in [-0.3, -0.25) is 0 Å². The molecule has 0 aromatic carbocycles. The van der Waals surface area contributed by atoms with Crippen LogP contribution in [0.25, 0.3) is 11.5 Å². The first-order valence-corrected chi connectivity index (χ1v) is 4.34. The smallest absolute Gasteiger partial charge is 0.258 e. The molecule has 0 aliphatic carbocycles. The van der Waals surface area contributed by atoms with Gasteiger partial charge in [-0.25, -0.2) is 4.98 Å². The average Bonchev–Trinajstić information content (AvgIpc) is 2.66. The molecule has 2 aromatic rings. The molecule has 0 saturated carbocycles. The normalized spacial score (nSPS) is 10.4. The zero-order valence-electron chi connectivity index (χ0n) is 7.77. The SMILES string of the molecule is CCc1noc(-c2ccnc(N)c2)n1. The van der Waals surface area contributed by atoms with E-state index in [1.807, 2.05) is 6.92 Å². The highest BCUT2D eigenvalue weighted by Gasteiger charge is 2.07. The van der Waals surface area contributed by atoms with Crippen LogP contribution in [0.2, 0.25) is 0 Å². The highest BCUT2D eigenvalue weighted by Crippen LogP contribution is 2.17. The number of pyridine rings is 1. The fraction of sp³-hybridized carbons (Fsp3) is 0.222. The Labute approximate surface area is 81.0 Å². The van der Waals surface area contributed by atoms with Gasteiger partial charge in [-0.1, -0.05) is 12.1 Å². The maximum Gasteiger partial charge on any atom is 0.258 e. The molecule has 0 saturated heterocycles. The van der Waals surface area contributed by atoms with Crippen molar-refractivity contribution in [3.63, 3.8) is 0 Å². The molecular formula is C9H10N4O. The quantitative estimate of drug-likeness (QED) is 0.771. The van der Waals surface area contributed by atoms with E-state index in [4.69, 9.17) is 10.3 Å². The van der Waals surface area contributed by atoms with Crippen LogP contribution in [0.5, 0.6) is 0 Å². The van der Waals surface area contributed by atoms with Gasteiger partial charge in [0.2, 0.25) is 0 Å². The Kier molecular flexibility index (Phi) is 2.14. The number of nitrogen functional groups attached to an aromatic ring is 1. The molecular weight excluding hydrogens is 180 g/mol. The highest BCUT2D eigenvalue weighted by molar-refractivity contribution is 5.56. The summed E-state index contributed by atoms with van der Waals surface area (Å²) in [4.78, 5) is 8.06. The maximum absolute atomic E-state index is 5.53. The lowest BCUT2D eigenvalue weighted by Gasteiger charge is -1.94. The van der Waals surface area contributed by atoms with Crippen LogP contribution in [0, 0.1) is 0 Å². The Bertz CT molecular complexity index is 438. The highest BCUT2D eigenvalue weighted by atomic mass is 16.5. The van der Waals surface area contributed by atoms with Crippen molar-refractivity contribution < 1.29 is 4.52 Å². The number of aryl methyl sites for hydroxylation is 1. The largest absolute Gasteiger partial charge is 0.384 e. The summed E-state index contributed by atoms with van der Waals surface area (Å²) in [5.74, 6) is 1.62. The number of aromatic nitrogens is 3. The van der Waals surface area contributed by atoms with Gasteiger partial charge in [-0.15, -0.1) is 0 Å². The number of hydrogen-bond acceptors (Lipinski definition) is 5. The Morgan fingerprint density at radius 1 is 1.50 bits per heavy atom. The molecule has 0 amide bonds. The third-order valence-corrected chi connectivity index (χ3v) is 1.81. The van der Waals surface area contributed by atoms with Gasteiger partial charge in [0.1, 0.15) is 5.82 Å². The van der Waals surface area contributed by atoms with Gasteiger partial charge in [-0.2, -0.15) is 4.98 Å². The van der Waals surface area contributed by atoms with Gasteiger partial charge in [0.15, 0.2) is 5.82 Å². The molecule has 0 aliphatic heterocycles. The van der Waals surface area contributed by atoms with Gasteiger partial charge in [0.25, 0.3) is 5.89 Å². The Hall–Kier alpha value is -1.91. The lowest BCUT2D eigenvalue weighted by Crippen LogP contribution is -1.89.